The van der Waals surface area contributed by atoms with Crippen LogP contribution >= 0.6 is 11.8 Å². The molecule has 128 valence electrons. The molecule has 1 amide bonds. The van der Waals surface area contributed by atoms with Gasteiger partial charge in [0.25, 0.3) is 5.89 Å². The highest BCUT2D eigenvalue weighted by atomic mass is 32.2. The fourth-order valence-corrected chi connectivity index (χ4v) is 3.14. The van der Waals surface area contributed by atoms with Gasteiger partial charge in [0.1, 0.15) is 5.03 Å². The fourth-order valence-electron chi connectivity index (χ4n) is 2.35. The van der Waals surface area contributed by atoms with E-state index in [2.05, 4.69) is 20.4 Å². The Balaban J connectivity index is 1.68. The van der Waals surface area contributed by atoms with Crippen molar-refractivity contribution < 1.29 is 9.32 Å². The number of thioether (sulfide) groups is 1. The predicted molar refractivity (Wildman–Crippen MR) is 97.5 cm³/mol. The molecule has 0 fully saturated rings. The summed E-state index contributed by atoms with van der Waals surface area (Å²) in [7, 11) is 0. The van der Waals surface area contributed by atoms with E-state index in [9.17, 15) is 4.79 Å². The lowest BCUT2D eigenvalue weighted by Crippen LogP contribution is -2.15. The van der Waals surface area contributed by atoms with Crippen molar-refractivity contribution in [2.75, 3.05) is 11.1 Å². The summed E-state index contributed by atoms with van der Waals surface area (Å²) >= 11 is 1.34. The van der Waals surface area contributed by atoms with Crippen LogP contribution in [0.25, 0.3) is 11.5 Å². The minimum Gasteiger partial charge on any atom is -0.334 e. The highest BCUT2D eigenvalue weighted by Gasteiger charge is 2.14. The second-order valence-corrected chi connectivity index (χ2v) is 6.62. The van der Waals surface area contributed by atoms with Crippen LogP contribution in [0.5, 0.6) is 0 Å². The van der Waals surface area contributed by atoms with Crippen LogP contribution in [0.3, 0.4) is 0 Å². The first-order chi connectivity index (χ1) is 12.0. The highest BCUT2D eigenvalue weighted by molar-refractivity contribution is 8.00. The van der Waals surface area contributed by atoms with Crippen molar-refractivity contribution in [1.82, 2.24) is 15.1 Å². The summed E-state index contributed by atoms with van der Waals surface area (Å²) in [4.78, 5) is 20.8. The number of hydrogen-bond donors (Lipinski definition) is 1. The molecule has 0 radical (unpaired) electrons. The first-order valence-electron chi connectivity index (χ1n) is 7.78. The van der Waals surface area contributed by atoms with Crippen LogP contribution in [0.15, 0.2) is 46.1 Å². The molecule has 1 N–H and O–H groups in total. The van der Waals surface area contributed by atoms with Gasteiger partial charge in [0.05, 0.1) is 11.3 Å². The van der Waals surface area contributed by atoms with Gasteiger partial charge in [-0.1, -0.05) is 34.6 Å². The topological polar surface area (TPSA) is 80.9 Å². The lowest BCUT2D eigenvalue weighted by molar-refractivity contribution is -0.113. The first kappa shape index (κ1) is 17.2. The van der Waals surface area contributed by atoms with Crippen molar-refractivity contribution in [3.8, 4) is 11.5 Å². The van der Waals surface area contributed by atoms with Gasteiger partial charge >= 0.3 is 0 Å². The SMILES string of the molecule is Cc1ccc(NC(=O)CSc2ncccc2-c2nc(C)no2)c(C)c1. The molecule has 3 aromatic rings. The molecule has 0 aliphatic heterocycles. The maximum Gasteiger partial charge on any atom is 0.260 e. The first-order valence-corrected chi connectivity index (χ1v) is 8.77. The number of benzene rings is 1. The molecule has 0 bridgehead atoms. The number of nitrogens with one attached hydrogen (secondary N) is 1. The molecule has 0 atom stereocenters. The summed E-state index contributed by atoms with van der Waals surface area (Å²) in [6.07, 6.45) is 1.68. The molecule has 25 heavy (non-hydrogen) atoms. The third kappa shape index (κ3) is 4.24. The molecule has 7 heteroatoms. The Morgan fingerprint density at radius 3 is 2.80 bits per heavy atom. The number of carbonyl (C=O) groups excluding carboxylic acids is 1. The summed E-state index contributed by atoms with van der Waals surface area (Å²) in [5.74, 6) is 1.12. The molecule has 2 aromatic heterocycles. The zero-order valence-electron chi connectivity index (χ0n) is 14.2. The molecule has 0 unspecified atom stereocenters. The van der Waals surface area contributed by atoms with Crippen LogP contribution in [0.1, 0.15) is 17.0 Å². The van der Waals surface area contributed by atoms with Gasteiger partial charge in [0.15, 0.2) is 5.82 Å². The van der Waals surface area contributed by atoms with E-state index in [0.29, 0.717) is 16.7 Å². The second kappa shape index (κ2) is 7.48. The number of anilines is 1. The summed E-state index contributed by atoms with van der Waals surface area (Å²) in [6.45, 7) is 5.76. The summed E-state index contributed by atoms with van der Waals surface area (Å²) < 4.78 is 5.21. The van der Waals surface area contributed by atoms with E-state index in [4.69, 9.17) is 4.52 Å². The second-order valence-electron chi connectivity index (χ2n) is 5.66. The molecule has 0 saturated carbocycles. The van der Waals surface area contributed by atoms with E-state index in [1.807, 2.05) is 38.1 Å². The van der Waals surface area contributed by atoms with Crippen molar-refractivity contribution in [3.63, 3.8) is 0 Å². The lowest BCUT2D eigenvalue weighted by atomic mass is 10.1. The molecule has 1 aromatic carbocycles. The largest absolute Gasteiger partial charge is 0.334 e. The standard InChI is InChI=1S/C18H18N4O2S/c1-11-6-7-15(12(2)9-11)21-16(23)10-25-18-14(5-4-8-19-18)17-20-13(3)22-24-17/h4-9H,10H2,1-3H3,(H,21,23). The predicted octanol–water partition coefficient (Wildman–Crippen LogP) is 3.79. The van der Waals surface area contributed by atoms with Gasteiger partial charge in [-0.2, -0.15) is 4.98 Å². The molecule has 0 spiro atoms. The van der Waals surface area contributed by atoms with Crippen molar-refractivity contribution >= 4 is 23.4 Å². The molecular weight excluding hydrogens is 336 g/mol. The number of hydrogen-bond acceptors (Lipinski definition) is 6. The average molecular weight is 354 g/mol. The molecule has 3 rings (SSSR count). The molecular formula is C18H18N4O2S. The van der Waals surface area contributed by atoms with Gasteiger partial charge in [0, 0.05) is 11.9 Å². The van der Waals surface area contributed by atoms with Crippen LogP contribution in [0.2, 0.25) is 0 Å². The maximum absolute atomic E-state index is 12.3. The van der Waals surface area contributed by atoms with Gasteiger partial charge in [-0.3, -0.25) is 4.79 Å². The van der Waals surface area contributed by atoms with Gasteiger partial charge < -0.3 is 9.84 Å². The van der Waals surface area contributed by atoms with Crippen LogP contribution in [-0.2, 0) is 4.79 Å². The Kier molecular flexibility index (Phi) is 5.14. The minimum atomic E-state index is -0.0877. The van der Waals surface area contributed by atoms with E-state index >= 15 is 0 Å². The summed E-state index contributed by atoms with van der Waals surface area (Å²) in [5, 5.41) is 7.41. The third-order valence-corrected chi connectivity index (χ3v) is 4.53. The number of aromatic nitrogens is 3. The zero-order valence-corrected chi connectivity index (χ0v) is 15.1. The Morgan fingerprint density at radius 2 is 2.08 bits per heavy atom. The minimum absolute atomic E-state index is 0.0877. The van der Waals surface area contributed by atoms with Crippen LogP contribution in [-0.4, -0.2) is 26.8 Å². The van der Waals surface area contributed by atoms with Crippen molar-refractivity contribution in [1.29, 1.82) is 0 Å². The van der Waals surface area contributed by atoms with Crippen molar-refractivity contribution in [3.05, 3.63) is 53.5 Å². The Morgan fingerprint density at radius 1 is 1.24 bits per heavy atom. The molecule has 0 saturated heterocycles. The Labute approximate surface area is 150 Å². The maximum atomic E-state index is 12.3. The highest BCUT2D eigenvalue weighted by Crippen LogP contribution is 2.28. The number of pyridine rings is 1. The monoisotopic (exact) mass is 354 g/mol. The van der Waals surface area contributed by atoms with Gasteiger partial charge in [-0.15, -0.1) is 0 Å². The van der Waals surface area contributed by atoms with E-state index in [1.165, 1.54) is 11.8 Å². The van der Waals surface area contributed by atoms with Gasteiger partial charge in [-0.05, 0) is 44.5 Å². The van der Waals surface area contributed by atoms with Crippen LogP contribution in [0, 0.1) is 20.8 Å². The number of carbonyl (C=O) groups is 1. The fraction of sp³-hybridized carbons (Fsp3) is 0.222. The third-order valence-electron chi connectivity index (χ3n) is 3.53. The normalized spacial score (nSPS) is 10.7. The Hall–Kier alpha value is -2.67. The zero-order chi connectivity index (χ0) is 17.8. The molecule has 2 heterocycles. The number of aryl methyl sites for hydroxylation is 3. The number of nitrogens with zero attached hydrogens (tertiary/aromatic N) is 3. The summed E-state index contributed by atoms with van der Waals surface area (Å²) in [6, 6.07) is 9.58. The van der Waals surface area contributed by atoms with E-state index in [-0.39, 0.29) is 11.7 Å². The molecule has 6 nitrogen and oxygen atoms in total. The number of amides is 1. The molecule has 0 aliphatic rings. The number of rotatable bonds is 5. The van der Waals surface area contributed by atoms with E-state index in [1.54, 1.807) is 19.2 Å². The summed E-state index contributed by atoms with van der Waals surface area (Å²) in [5.41, 5.74) is 3.76. The van der Waals surface area contributed by atoms with E-state index in [0.717, 1.165) is 22.4 Å². The van der Waals surface area contributed by atoms with Gasteiger partial charge in [0.2, 0.25) is 5.91 Å². The van der Waals surface area contributed by atoms with Crippen LogP contribution in [0.4, 0.5) is 5.69 Å². The van der Waals surface area contributed by atoms with Crippen molar-refractivity contribution in [2.45, 2.75) is 25.8 Å². The van der Waals surface area contributed by atoms with E-state index < -0.39 is 0 Å². The Bertz CT molecular complexity index is 908. The lowest BCUT2D eigenvalue weighted by Gasteiger charge is -2.09. The van der Waals surface area contributed by atoms with Crippen molar-refractivity contribution in [2.24, 2.45) is 0 Å². The molecule has 0 aliphatic carbocycles. The quantitative estimate of drug-likeness (QED) is 0.702. The van der Waals surface area contributed by atoms with Gasteiger partial charge in [-0.25, -0.2) is 4.98 Å². The average Bonchev–Trinajstić information content (AvgIpc) is 3.02. The van der Waals surface area contributed by atoms with Crippen LogP contribution < -0.4 is 5.32 Å². The smallest absolute Gasteiger partial charge is 0.260 e.